The predicted molar refractivity (Wildman–Crippen MR) is 49.7 cm³/mol. The maximum absolute atomic E-state index is 5.31. The van der Waals surface area contributed by atoms with E-state index in [-0.39, 0.29) is 0 Å². The van der Waals surface area contributed by atoms with Crippen molar-refractivity contribution in [1.29, 1.82) is 0 Å². The molecule has 0 saturated carbocycles. The Morgan fingerprint density at radius 1 is 1.54 bits per heavy atom. The van der Waals surface area contributed by atoms with E-state index in [0.717, 1.165) is 25.5 Å². The summed E-state index contributed by atoms with van der Waals surface area (Å²) < 4.78 is 5.31. The van der Waals surface area contributed by atoms with Crippen LogP contribution >= 0.6 is 0 Å². The van der Waals surface area contributed by atoms with E-state index in [1.165, 1.54) is 0 Å². The molecule has 2 rings (SSSR count). The van der Waals surface area contributed by atoms with Gasteiger partial charge in [0.15, 0.2) is 0 Å². The third-order valence-corrected chi connectivity index (χ3v) is 2.36. The van der Waals surface area contributed by atoms with E-state index in [1.807, 2.05) is 7.05 Å². The summed E-state index contributed by atoms with van der Waals surface area (Å²) in [5.74, 6) is 0.915. The number of nitrogens with zero attached hydrogens (tertiary/aromatic N) is 3. The molecule has 4 nitrogen and oxygen atoms in total. The Kier molecular flexibility index (Phi) is 2.40. The molecular weight excluding hydrogens is 166 g/mol. The number of ether oxygens (including phenoxy) is 1. The molecule has 1 unspecified atom stereocenters. The lowest BCUT2D eigenvalue weighted by atomic mass is 10.2. The number of likely N-dealkylation sites (N-methyl/N-ethyl adjacent to an activating group) is 1. The summed E-state index contributed by atoms with van der Waals surface area (Å²) in [5.41, 5.74) is 0. The van der Waals surface area contributed by atoms with Gasteiger partial charge in [-0.25, -0.2) is 4.98 Å². The second kappa shape index (κ2) is 3.70. The highest BCUT2D eigenvalue weighted by atomic mass is 16.5. The minimum Gasteiger partial charge on any atom is -0.379 e. The summed E-state index contributed by atoms with van der Waals surface area (Å²) in [7, 11) is 2.03. The molecule has 70 valence electrons. The minimum atomic E-state index is 0.455. The van der Waals surface area contributed by atoms with Crippen LogP contribution in [-0.2, 0) is 4.74 Å². The fourth-order valence-electron chi connectivity index (χ4n) is 1.49. The monoisotopic (exact) mass is 179 g/mol. The number of anilines is 1. The Balaban J connectivity index is 2.08. The van der Waals surface area contributed by atoms with Crippen LogP contribution in [0.25, 0.3) is 0 Å². The lowest BCUT2D eigenvalue weighted by molar-refractivity contribution is 0.193. The zero-order chi connectivity index (χ0) is 9.10. The van der Waals surface area contributed by atoms with Crippen molar-refractivity contribution in [1.82, 2.24) is 9.97 Å². The Bertz CT molecular complexity index is 259. The van der Waals surface area contributed by atoms with Gasteiger partial charge in [0.25, 0.3) is 0 Å². The molecule has 2 heterocycles. The Morgan fingerprint density at radius 2 is 2.46 bits per heavy atom. The van der Waals surface area contributed by atoms with E-state index in [4.69, 9.17) is 4.74 Å². The average molecular weight is 179 g/mol. The molecule has 1 aliphatic rings. The van der Waals surface area contributed by atoms with Gasteiger partial charge in [-0.15, -0.1) is 0 Å². The molecule has 1 aliphatic heterocycles. The molecule has 0 spiro atoms. The first-order chi connectivity index (χ1) is 6.38. The van der Waals surface area contributed by atoms with Crippen LogP contribution in [0.4, 0.5) is 5.82 Å². The van der Waals surface area contributed by atoms with Crippen LogP contribution in [0.3, 0.4) is 0 Å². The van der Waals surface area contributed by atoms with Crippen molar-refractivity contribution in [3.63, 3.8) is 0 Å². The summed E-state index contributed by atoms with van der Waals surface area (Å²) in [6.45, 7) is 1.66. The van der Waals surface area contributed by atoms with Crippen LogP contribution < -0.4 is 4.90 Å². The van der Waals surface area contributed by atoms with Gasteiger partial charge in [-0.05, 0) is 6.42 Å². The van der Waals surface area contributed by atoms with Crippen LogP contribution in [0, 0.1) is 0 Å². The molecule has 13 heavy (non-hydrogen) atoms. The summed E-state index contributed by atoms with van der Waals surface area (Å²) in [5, 5.41) is 0. The Hall–Kier alpha value is -1.16. The van der Waals surface area contributed by atoms with E-state index < -0.39 is 0 Å². The van der Waals surface area contributed by atoms with Gasteiger partial charge in [-0.2, -0.15) is 0 Å². The lowest BCUT2D eigenvalue weighted by Crippen LogP contribution is -2.32. The van der Waals surface area contributed by atoms with Gasteiger partial charge in [0.05, 0.1) is 18.8 Å². The van der Waals surface area contributed by atoms with Crippen molar-refractivity contribution < 1.29 is 4.74 Å². The molecule has 0 aromatic carbocycles. The van der Waals surface area contributed by atoms with Gasteiger partial charge >= 0.3 is 0 Å². The van der Waals surface area contributed by atoms with Crippen LogP contribution in [0.5, 0.6) is 0 Å². The molecule has 1 aromatic rings. The highest BCUT2D eigenvalue weighted by Gasteiger charge is 2.20. The summed E-state index contributed by atoms with van der Waals surface area (Å²) in [4.78, 5) is 10.4. The van der Waals surface area contributed by atoms with Gasteiger partial charge < -0.3 is 9.64 Å². The van der Waals surface area contributed by atoms with Crippen LogP contribution in [0.15, 0.2) is 18.6 Å². The number of aromatic nitrogens is 2. The van der Waals surface area contributed by atoms with E-state index >= 15 is 0 Å². The SMILES string of the molecule is CN(c1cnccn1)C1CCOC1. The first-order valence-electron chi connectivity index (χ1n) is 4.44. The molecule has 0 bridgehead atoms. The minimum absolute atomic E-state index is 0.455. The highest BCUT2D eigenvalue weighted by molar-refractivity contribution is 5.35. The predicted octanol–water partition coefficient (Wildman–Crippen LogP) is 0.702. The molecule has 1 atom stereocenters. The fourth-order valence-corrected chi connectivity index (χ4v) is 1.49. The maximum Gasteiger partial charge on any atom is 0.147 e. The largest absolute Gasteiger partial charge is 0.379 e. The molecule has 1 saturated heterocycles. The van der Waals surface area contributed by atoms with Crippen molar-refractivity contribution in [3.8, 4) is 0 Å². The summed E-state index contributed by atoms with van der Waals surface area (Å²) in [6.07, 6.45) is 6.25. The zero-order valence-corrected chi connectivity index (χ0v) is 7.68. The van der Waals surface area contributed by atoms with Gasteiger partial charge in [0.2, 0.25) is 0 Å². The number of rotatable bonds is 2. The highest BCUT2D eigenvalue weighted by Crippen LogP contribution is 2.16. The van der Waals surface area contributed by atoms with Crippen molar-refractivity contribution in [2.24, 2.45) is 0 Å². The zero-order valence-electron chi connectivity index (χ0n) is 7.68. The quantitative estimate of drug-likeness (QED) is 0.670. The normalized spacial score (nSPS) is 21.8. The molecule has 4 heteroatoms. The van der Waals surface area contributed by atoms with Gasteiger partial charge in [0, 0.05) is 26.0 Å². The maximum atomic E-state index is 5.31. The molecule has 0 N–H and O–H groups in total. The third-order valence-electron chi connectivity index (χ3n) is 2.36. The third kappa shape index (κ3) is 1.78. The molecule has 1 aromatic heterocycles. The topological polar surface area (TPSA) is 38.2 Å². The fraction of sp³-hybridized carbons (Fsp3) is 0.556. The van der Waals surface area contributed by atoms with Crippen molar-refractivity contribution in [2.75, 3.05) is 25.2 Å². The molecular formula is C9H13N3O. The number of hydrogen-bond acceptors (Lipinski definition) is 4. The first kappa shape index (κ1) is 8.44. The van der Waals surface area contributed by atoms with E-state index in [0.29, 0.717) is 6.04 Å². The molecule has 0 radical (unpaired) electrons. The second-order valence-electron chi connectivity index (χ2n) is 3.19. The van der Waals surface area contributed by atoms with E-state index in [2.05, 4.69) is 14.9 Å². The van der Waals surface area contributed by atoms with Crippen LogP contribution in [0.1, 0.15) is 6.42 Å². The Labute approximate surface area is 77.6 Å². The van der Waals surface area contributed by atoms with Gasteiger partial charge in [0.1, 0.15) is 5.82 Å². The van der Waals surface area contributed by atoms with Gasteiger partial charge in [-0.3, -0.25) is 4.98 Å². The average Bonchev–Trinajstić information content (AvgIpc) is 2.71. The van der Waals surface area contributed by atoms with Gasteiger partial charge in [-0.1, -0.05) is 0 Å². The van der Waals surface area contributed by atoms with Crippen LogP contribution in [0.2, 0.25) is 0 Å². The summed E-state index contributed by atoms with van der Waals surface area (Å²) >= 11 is 0. The smallest absolute Gasteiger partial charge is 0.147 e. The lowest BCUT2D eigenvalue weighted by Gasteiger charge is -2.23. The van der Waals surface area contributed by atoms with E-state index in [9.17, 15) is 0 Å². The van der Waals surface area contributed by atoms with E-state index in [1.54, 1.807) is 18.6 Å². The van der Waals surface area contributed by atoms with Crippen molar-refractivity contribution in [2.45, 2.75) is 12.5 Å². The standard InChI is InChI=1S/C9H13N3O/c1-12(8-2-5-13-7-8)9-6-10-3-4-11-9/h3-4,6,8H,2,5,7H2,1H3. The second-order valence-corrected chi connectivity index (χ2v) is 3.19. The van der Waals surface area contributed by atoms with Crippen LogP contribution in [-0.4, -0.2) is 36.3 Å². The summed E-state index contributed by atoms with van der Waals surface area (Å²) in [6, 6.07) is 0.455. The number of hydrogen-bond donors (Lipinski definition) is 0. The van der Waals surface area contributed by atoms with Crippen molar-refractivity contribution in [3.05, 3.63) is 18.6 Å². The molecule has 0 amide bonds. The molecule has 0 aliphatic carbocycles. The molecule has 1 fully saturated rings. The van der Waals surface area contributed by atoms with Crippen molar-refractivity contribution >= 4 is 5.82 Å². The Morgan fingerprint density at radius 3 is 3.08 bits per heavy atom. The first-order valence-corrected chi connectivity index (χ1v) is 4.44.